The number of aryl methyl sites for hydroxylation is 2. The number of benzene rings is 3. The van der Waals surface area contributed by atoms with Crippen molar-refractivity contribution < 1.29 is 19.2 Å². The number of nitro benzene ring substituents is 1. The lowest BCUT2D eigenvalue weighted by molar-refractivity contribution is -0.384. The molecule has 0 fully saturated rings. The number of nitrogens with one attached hydrogen (secondary N) is 1. The van der Waals surface area contributed by atoms with Gasteiger partial charge in [0.1, 0.15) is 0 Å². The van der Waals surface area contributed by atoms with Crippen molar-refractivity contribution in [2.75, 3.05) is 22.7 Å². The van der Waals surface area contributed by atoms with Crippen LogP contribution in [0.25, 0.3) is 0 Å². The Bertz CT molecular complexity index is 1420. The highest BCUT2D eigenvalue weighted by atomic mass is 16.6. The normalized spacial score (nSPS) is 13.4. The van der Waals surface area contributed by atoms with Gasteiger partial charge in [0, 0.05) is 29.7 Å². The summed E-state index contributed by atoms with van der Waals surface area (Å²) in [6.45, 7) is 6.04. The number of anilines is 3. The fourth-order valence-electron chi connectivity index (χ4n) is 3.95. The number of carbonyl (C=O) groups excluding carboxylic acids is 2. The zero-order chi connectivity index (χ0) is 29.1. The summed E-state index contributed by atoms with van der Waals surface area (Å²) >= 11 is 0. The van der Waals surface area contributed by atoms with E-state index in [4.69, 9.17) is 10.5 Å². The molecule has 0 bridgehead atoms. The first kappa shape index (κ1) is 29.6. The van der Waals surface area contributed by atoms with Crippen molar-refractivity contribution in [3.63, 3.8) is 0 Å². The molecule has 0 spiro atoms. The van der Waals surface area contributed by atoms with Crippen molar-refractivity contribution in [2.24, 2.45) is 5.10 Å². The quantitative estimate of drug-likeness (QED) is 0.117. The van der Waals surface area contributed by atoms with Crippen LogP contribution in [0.1, 0.15) is 38.3 Å². The van der Waals surface area contributed by atoms with E-state index in [-0.39, 0.29) is 30.0 Å². The van der Waals surface area contributed by atoms with E-state index in [1.54, 1.807) is 6.92 Å². The van der Waals surface area contributed by atoms with Crippen LogP contribution in [0.4, 0.5) is 22.7 Å². The second kappa shape index (κ2) is 14.2. The lowest BCUT2D eigenvalue weighted by atomic mass is 10.1. The highest BCUT2D eigenvalue weighted by molar-refractivity contribution is 6.32. The van der Waals surface area contributed by atoms with Crippen LogP contribution in [-0.4, -0.2) is 29.1 Å². The van der Waals surface area contributed by atoms with Crippen LogP contribution in [-0.2, 0) is 27.2 Å². The molecule has 208 valence electrons. The van der Waals surface area contributed by atoms with Gasteiger partial charge in [0.2, 0.25) is 0 Å². The summed E-state index contributed by atoms with van der Waals surface area (Å²) in [6.07, 6.45) is 3.18. The molecule has 3 aromatic carbocycles. The minimum absolute atomic E-state index is 0.0975. The predicted molar refractivity (Wildman–Crippen MR) is 157 cm³/mol. The first-order chi connectivity index (χ1) is 19.3. The zero-order valence-electron chi connectivity index (χ0n) is 22.8. The highest BCUT2D eigenvalue weighted by Crippen LogP contribution is 2.27. The maximum atomic E-state index is 13.1. The van der Waals surface area contributed by atoms with E-state index in [0.29, 0.717) is 5.69 Å². The van der Waals surface area contributed by atoms with Crippen molar-refractivity contribution in [1.29, 1.82) is 0 Å². The fraction of sp³-hybridized carbons (Fsp3) is 0.233. The molecule has 40 heavy (non-hydrogen) atoms. The van der Waals surface area contributed by atoms with E-state index in [1.807, 2.05) is 49.4 Å². The Hall–Kier alpha value is -4.99. The van der Waals surface area contributed by atoms with E-state index in [1.165, 1.54) is 36.0 Å². The van der Waals surface area contributed by atoms with Gasteiger partial charge in [-0.15, -0.1) is 0 Å². The molecule has 10 heteroatoms. The molecule has 0 aliphatic carbocycles. The first-order valence-electron chi connectivity index (χ1n) is 13.0. The molecule has 3 N–H and O–H groups in total. The van der Waals surface area contributed by atoms with Gasteiger partial charge in [0.25, 0.3) is 11.6 Å². The van der Waals surface area contributed by atoms with Crippen LogP contribution < -0.4 is 16.1 Å². The van der Waals surface area contributed by atoms with Crippen molar-refractivity contribution in [1.82, 2.24) is 0 Å². The van der Waals surface area contributed by atoms with Gasteiger partial charge in [-0.1, -0.05) is 50.2 Å². The Labute approximate surface area is 233 Å². The van der Waals surface area contributed by atoms with Gasteiger partial charge in [0.05, 0.1) is 34.9 Å². The molecular weight excluding hydrogens is 510 g/mol. The van der Waals surface area contributed by atoms with Gasteiger partial charge in [-0.2, -0.15) is 10.1 Å². The summed E-state index contributed by atoms with van der Waals surface area (Å²) in [4.78, 5) is 35.5. The Morgan fingerprint density at radius 2 is 1.62 bits per heavy atom. The largest absolute Gasteiger partial charge is 0.466 e. The molecule has 10 nitrogen and oxygen atoms in total. The fourth-order valence-corrected chi connectivity index (χ4v) is 3.95. The van der Waals surface area contributed by atoms with E-state index >= 15 is 0 Å². The van der Waals surface area contributed by atoms with Gasteiger partial charge in [0.15, 0.2) is 0 Å². The van der Waals surface area contributed by atoms with Crippen LogP contribution in [0.2, 0.25) is 0 Å². The molecule has 0 saturated carbocycles. The summed E-state index contributed by atoms with van der Waals surface area (Å²) in [5.74, 6) is -0.950. The van der Waals surface area contributed by atoms with Crippen LogP contribution in [0.5, 0.6) is 0 Å². The number of nitrogen functional groups attached to an aromatic ring is 1. The van der Waals surface area contributed by atoms with Crippen molar-refractivity contribution in [3.05, 3.63) is 106 Å². The Kier molecular flexibility index (Phi) is 10.5. The molecule has 4 rings (SSSR count). The van der Waals surface area contributed by atoms with Gasteiger partial charge in [-0.3, -0.25) is 19.7 Å². The molecule has 3 aromatic rings. The topological polar surface area (TPSA) is 140 Å². The van der Waals surface area contributed by atoms with Crippen molar-refractivity contribution in [2.45, 2.75) is 40.0 Å². The summed E-state index contributed by atoms with van der Waals surface area (Å²) in [7, 11) is 0. The number of rotatable bonds is 9. The van der Waals surface area contributed by atoms with Gasteiger partial charge in [-0.05, 0) is 55.2 Å². The average molecular weight is 544 g/mol. The van der Waals surface area contributed by atoms with Crippen LogP contribution in [0.15, 0.2) is 89.7 Å². The average Bonchev–Trinajstić information content (AvgIpc) is 3.27. The third-order valence-electron chi connectivity index (χ3n) is 6.08. The molecular formula is C30H33N5O5. The molecule has 1 aliphatic rings. The second-order valence-electron chi connectivity index (χ2n) is 8.68. The summed E-state index contributed by atoms with van der Waals surface area (Å²) in [5, 5.41) is 19.4. The lowest BCUT2D eigenvalue weighted by Crippen LogP contribution is -2.22. The number of nitrogens with zero attached hydrogens (tertiary/aromatic N) is 3. The molecule has 1 aliphatic heterocycles. The number of hydrogen-bond acceptors (Lipinski definition) is 8. The maximum absolute atomic E-state index is 13.1. The Morgan fingerprint density at radius 3 is 2.20 bits per heavy atom. The number of para-hydroxylation sites is 2. The minimum atomic E-state index is -0.522. The lowest BCUT2D eigenvalue weighted by Gasteiger charge is -2.11. The predicted octanol–water partition coefficient (Wildman–Crippen LogP) is 5.64. The second-order valence-corrected chi connectivity index (χ2v) is 8.68. The summed E-state index contributed by atoms with van der Waals surface area (Å²) in [5.41, 5.74) is 10.4. The Morgan fingerprint density at radius 1 is 1.00 bits per heavy atom. The molecule has 1 heterocycles. The summed E-state index contributed by atoms with van der Waals surface area (Å²) in [6, 6.07) is 21.1. The standard InChI is InChI=1S/C22H22N4O5.C8H11N/c1-3-15-7-5-6-8-19(15)23-14-18-20(13-21(27)31-4-2)24-25(22(18)28)16-9-11-17(12-10-16)26(29)30;1-2-7-5-3-4-6-8(7)9/h5-12,14,23H,3-4,13H2,1-2H3;3-6H,2,9H2,1H3/b18-14+;. The van der Waals surface area contributed by atoms with Crippen LogP contribution >= 0.6 is 0 Å². The molecule has 0 saturated heterocycles. The minimum Gasteiger partial charge on any atom is -0.466 e. The number of hydrogen-bond donors (Lipinski definition) is 2. The molecule has 0 atom stereocenters. The third-order valence-corrected chi connectivity index (χ3v) is 6.08. The van der Waals surface area contributed by atoms with Crippen LogP contribution in [0.3, 0.4) is 0 Å². The van der Waals surface area contributed by atoms with Crippen molar-refractivity contribution >= 4 is 40.3 Å². The molecule has 0 aromatic heterocycles. The smallest absolute Gasteiger partial charge is 0.311 e. The van der Waals surface area contributed by atoms with Gasteiger partial charge < -0.3 is 15.8 Å². The van der Waals surface area contributed by atoms with E-state index < -0.39 is 16.8 Å². The van der Waals surface area contributed by atoms with Crippen LogP contribution in [0, 0.1) is 10.1 Å². The third kappa shape index (κ3) is 7.53. The number of carbonyl (C=O) groups is 2. The zero-order valence-corrected chi connectivity index (χ0v) is 22.8. The SMILES string of the molecule is CCOC(=O)CC1=NN(c2ccc([N+](=O)[O-])cc2)C(=O)/C1=C/Nc1ccccc1CC.CCc1ccccc1N. The van der Waals surface area contributed by atoms with E-state index in [0.717, 1.165) is 34.8 Å². The van der Waals surface area contributed by atoms with Gasteiger partial charge >= 0.3 is 5.97 Å². The highest BCUT2D eigenvalue weighted by Gasteiger charge is 2.33. The molecule has 0 radical (unpaired) electrons. The number of nitrogens with two attached hydrogens (primary N) is 1. The molecule has 1 amide bonds. The summed E-state index contributed by atoms with van der Waals surface area (Å²) < 4.78 is 5.00. The number of ether oxygens (including phenoxy) is 1. The monoisotopic (exact) mass is 543 g/mol. The molecule has 0 unspecified atom stereocenters. The number of non-ortho nitro benzene ring substituents is 1. The van der Waals surface area contributed by atoms with Crippen molar-refractivity contribution in [3.8, 4) is 0 Å². The first-order valence-corrected chi connectivity index (χ1v) is 13.0. The Balaban J connectivity index is 0.000000415. The number of amides is 1. The number of nitro groups is 1. The van der Waals surface area contributed by atoms with E-state index in [2.05, 4.69) is 23.4 Å². The van der Waals surface area contributed by atoms with E-state index in [9.17, 15) is 19.7 Å². The number of esters is 1. The van der Waals surface area contributed by atoms with Gasteiger partial charge in [-0.25, -0.2) is 0 Å². The maximum Gasteiger partial charge on any atom is 0.311 e. The number of hydrazone groups is 1.